The predicted octanol–water partition coefficient (Wildman–Crippen LogP) is 4.14. The van der Waals surface area contributed by atoms with Crippen LogP contribution in [0.5, 0.6) is 0 Å². The summed E-state index contributed by atoms with van der Waals surface area (Å²) in [6, 6.07) is 15.0. The van der Waals surface area contributed by atoms with E-state index in [1.165, 1.54) is 5.01 Å². The third-order valence-electron chi connectivity index (χ3n) is 4.68. The summed E-state index contributed by atoms with van der Waals surface area (Å²) < 4.78 is 0. The van der Waals surface area contributed by atoms with Gasteiger partial charge in [0.2, 0.25) is 5.91 Å². The number of nitrogens with zero attached hydrogens (tertiary/aromatic N) is 5. The van der Waals surface area contributed by atoms with E-state index in [0.29, 0.717) is 36.2 Å². The molecule has 1 saturated heterocycles. The molecule has 1 unspecified atom stereocenters. The molecule has 1 amide bonds. The van der Waals surface area contributed by atoms with E-state index in [1.807, 2.05) is 48.5 Å². The lowest BCUT2D eigenvalue weighted by Crippen LogP contribution is -2.33. The minimum absolute atomic E-state index is 0.00109. The van der Waals surface area contributed by atoms with Crippen LogP contribution in [0.25, 0.3) is 22.3 Å². The third-order valence-corrected chi connectivity index (χ3v) is 4.68. The first-order valence-electron chi connectivity index (χ1n) is 8.95. The van der Waals surface area contributed by atoms with Gasteiger partial charge in [-0.15, -0.1) is 5.11 Å². The Bertz CT molecular complexity index is 1030. The summed E-state index contributed by atoms with van der Waals surface area (Å²) in [4.78, 5) is 21.2. The van der Waals surface area contributed by atoms with Crippen LogP contribution in [-0.2, 0) is 4.79 Å². The number of rotatable bonds is 3. The molecule has 27 heavy (non-hydrogen) atoms. The Morgan fingerprint density at radius 3 is 2.74 bits per heavy atom. The summed E-state index contributed by atoms with van der Waals surface area (Å²) in [5.41, 5.74) is 8.19. The second kappa shape index (κ2) is 7.11. The van der Waals surface area contributed by atoms with Crippen LogP contribution in [0.3, 0.4) is 0 Å². The zero-order chi connectivity index (χ0) is 18.8. The lowest BCUT2D eigenvalue weighted by Gasteiger charge is -2.24. The maximum Gasteiger partial charge on any atom is 0.244 e. The number of para-hydroxylation sites is 1. The van der Waals surface area contributed by atoms with Crippen molar-refractivity contribution < 1.29 is 4.79 Å². The number of carbonyl (C=O) groups excluding carboxylic acids is 1. The second-order valence-electron chi connectivity index (χ2n) is 6.77. The number of fused-ring (bicyclic) bond motifs is 1. The van der Waals surface area contributed by atoms with Gasteiger partial charge in [-0.2, -0.15) is 0 Å². The van der Waals surface area contributed by atoms with Gasteiger partial charge < -0.3 is 5.73 Å². The van der Waals surface area contributed by atoms with E-state index >= 15 is 0 Å². The molecule has 4 rings (SSSR count). The van der Waals surface area contributed by atoms with Gasteiger partial charge in [0.25, 0.3) is 0 Å². The maximum atomic E-state index is 12.1. The number of nitrogens with two attached hydrogens (primary N) is 1. The van der Waals surface area contributed by atoms with E-state index in [1.54, 1.807) is 0 Å². The minimum Gasteiger partial charge on any atom is -0.383 e. The molecule has 1 aromatic heterocycles. The van der Waals surface area contributed by atoms with Crippen molar-refractivity contribution in [1.82, 2.24) is 15.0 Å². The predicted molar refractivity (Wildman–Crippen MR) is 104 cm³/mol. The van der Waals surface area contributed by atoms with Crippen molar-refractivity contribution >= 4 is 28.3 Å². The fourth-order valence-electron chi connectivity index (χ4n) is 3.14. The van der Waals surface area contributed by atoms with Crippen LogP contribution < -0.4 is 5.73 Å². The Morgan fingerprint density at radius 2 is 1.89 bits per heavy atom. The maximum absolute atomic E-state index is 12.1. The lowest BCUT2D eigenvalue weighted by molar-refractivity contribution is -0.135. The number of carbonyl (C=O) groups is 1. The van der Waals surface area contributed by atoms with Crippen molar-refractivity contribution in [3.8, 4) is 11.4 Å². The molecule has 1 aliphatic rings. The third kappa shape index (κ3) is 3.48. The zero-order valence-electron chi connectivity index (χ0n) is 15.0. The Balaban J connectivity index is 1.70. The number of aromatic nitrogens is 2. The molecule has 136 valence electrons. The highest BCUT2D eigenvalue weighted by molar-refractivity contribution is 5.90. The van der Waals surface area contributed by atoms with Gasteiger partial charge >= 0.3 is 0 Å². The van der Waals surface area contributed by atoms with Crippen LogP contribution >= 0.6 is 0 Å². The first kappa shape index (κ1) is 17.1. The summed E-state index contributed by atoms with van der Waals surface area (Å²) in [6.45, 7) is 2.66. The van der Waals surface area contributed by atoms with Gasteiger partial charge in [0.15, 0.2) is 5.82 Å². The highest BCUT2D eigenvalue weighted by Crippen LogP contribution is 2.31. The van der Waals surface area contributed by atoms with Crippen molar-refractivity contribution in [3.05, 3.63) is 48.5 Å². The first-order chi connectivity index (χ1) is 13.1. The number of nitrogen functional groups attached to an aromatic ring is 1. The topological polar surface area (TPSA) is 96.8 Å². The fourth-order valence-corrected chi connectivity index (χ4v) is 3.14. The van der Waals surface area contributed by atoms with E-state index in [4.69, 9.17) is 5.73 Å². The molecule has 0 radical (unpaired) electrons. The Labute approximate surface area is 156 Å². The molecule has 0 bridgehead atoms. The van der Waals surface area contributed by atoms with E-state index < -0.39 is 0 Å². The molecule has 2 heterocycles. The van der Waals surface area contributed by atoms with Crippen molar-refractivity contribution in [2.24, 2.45) is 16.3 Å². The lowest BCUT2D eigenvalue weighted by atomic mass is 10.00. The monoisotopic (exact) mass is 360 g/mol. The molecule has 1 fully saturated rings. The van der Waals surface area contributed by atoms with Crippen LogP contribution in [0.4, 0.5) is 11.5 Å². The van der Waals surface area contributed by atoms with Crippen LogP contribution in [0.2, 0.25) is 0 Å². The largest absolute Gasteiger partial charge is 0.383 e. The molecule has 1 aliphatic heterocycles. The van der Waals surface area contributed by atoms with Crippen LogP contribution in [0.15, 0.2) is 58.9 Å². The quantitative estimate of drug-likeness (QED) is 0.710. The molecule has 1 atom stereocenters. The highest BCUT2D eigenvalue weighted by atomic mass is 16.2. The highest BCUT2D eigenvalue weighted by Gasteiger charge is 2.23. The fraction of sp³-hybridized carbons (Fsp3) is 0.250. The molecule has 7 heteroatoms. The average Bonchev–Trinajstić information content (AvgIpc) is 2.67. The summed E-state index contributed by atoms with van der Waals surface area (Å²) in [5.74, 6) is 1.30. The number of hydrogen-bond donors (Lipinski definition) is 1. The number of anilines is 1. The molecular weight excluding hydrogens is 340 g/mol. The Hall–Kier alpha value is -3.35. The summed E-state index contributed by atoms with van der Waals surface area (Å²) in [6.07, 6.45) is 1.43. The number of piperidine rings is 1. The Morgan fingerprint density at radius 1 is 1.11 bits per heavy atom. The van der Waals surface area contributed by atoms with Crippen molar-refractivity contribution in [1.29, 1.82) is 0 Å². The van der Waals surface area contributed by atoms with Gasteiger partial charge in [0.05, 0.1) is 11.2 Å². The molecule has 2 aromatic carbocycles. The van der Waals surface area contributed by atoms with Gasteiger partial charge in [0, 0.05) is 23.9 Å². The van der Waals surface area contributed by atoms with E-state index in [2.05, 4.69) is 27.2 Å². The molecule has 2 N–H and O–H groups in total. The Kier molecular flexibility index (Phi) is 4.50. The molecule has 0 spiro atoms. The second-order valence-corrected chi connectivity index (χ2v) is 6.77. The van der Waals surface area contributed by atoms with Crippen LogP contribution in [0.1, 0.15) is 19.8 Å². The number of benzene rings is 2. The molecule has 3 aromatic rings. The number of amides is 1. The van der Waals surface area contributed by atoms with Crippen LogP contribution in [0, 0.1) is 5.92 Å². The molecular formula is C20H20N6O. The molecule has 0 aliphatic carbocycles. The van der Waals surface area contributed by atoms with Gasteiger partial charge in [0.1, 0.15) is 5.82 Å². The standard InChI is InChI=1S/C20H20N6O/c1-13-10-11-26(18(27)12-13)25-24-17-9-5-3-7-15(17)20-22-16-8-4-2-6-14(16)19(21)23-20/h2-9,13H,10-12H2,1H3,(H2,21,22,23). The summed E-state index contributed by atoms with van der Waals surface area (Å²) in [5, 5.41) is 10.7. The van der Waals surface area contributed by atoms with Crippen LogP contribution in [-0.4, -0.2) is 27.4 Å². The normalized spacial score (nSPS) is 17.7. The molecule has 7 nitrogen and oxygen atoms in total. The van der Waals surface area contributed by atoms with Gasteiger partial charge in [-0.25, -0.2) is 15.0 Å². The van der Waals surface area contributed by atoms with E-state index in [0.717, 1.165) is 22.9 Å². The summed E-state index contributed by atoms with van der Waals surface area (Å²) in [7, 11) is 0. The minimum atomic E-state index is 0.00109. The average molecular weight is 360 g/mol. The van der Waals surface area contributed by atoms with Gasteiger partial charge in [-0.3, -0.25) is 4.79 Å². The summed E-state index contributed by atoms with van der Waals surface area (Å²) >= 11 is 0. The van der Waals surface area contributed by atoms with E-state index in [9.17, 15) is 4.79 Å². The molecule has 0 saturated carbocycles. The SMILES string of the molecule is CC1CCN(N=Nc2ccccc2-c2nc(N)c3ccccc3n2)C(=O)C1. The first-order valence-corrected chi connectivity index (χ1v) is 8.95. The van der Waals surface area contributed by atoms with E-state index in [-0.39, 0.29) is 5.91 Å². The number of hydrogen-bond acceptors (Lipinski definition) is 6. The van der Waals surface area contributed by atoms with Gasteiger partial charge in [-0.05, 0) is 36.6 Å². The zero-order valence-corrected chi connectivity index (χ0v) is 15.0. The smallest absolute Gasteiger partial charge is 0.244 e. The van der Waals surface area contributed by atoms with Crippen molar-refractivity contribution in [2.45, 2.75) is 19.8 Å². The van der Waals surface area contributed by atoms with Crippen molar-refractivity contribution in [2.75, 3.05) is 12.3 Å². The van der Waals surface area contributed by atoms with Gasteiger partial charge in [-0.1, -0.05) is 36.4 Å². The van der Waals surface area contributed by atoms with Crippen molar-refractivity contribution in [3.63, 3.8) is 0 Å².